The van der Waals surface area contributed by atoms with Crippen LogP contribution in [0.25, 0.3) is 0 Å². The van der Waals surface area contributed by atoms with Crippen molar-refractivity contribution in [2.24, 2.45) is 5.92 Å². The Bertz CT molecular complexity index is 475. The first-order valence-electron chi connectivity index (χ1n) is 7.19. The molecule has 1 fully saturated rings. The molecule has 2 unspecified atom stereocenters. The van der Waals surface area contributed by atoms with Gasteiger partial charge in [0.1, 0.15) is 0 Å². The molecule has 19 heavy (non-hydrogen) atoms. The van der Waals surface area contributed by atoms with Crippen LogP contribution >= 0.6 is 0 Å². The molecule has 0 aromatic carbocycles. The predicted molar refractivity (Wildman–Crippen MR) is 74.2 cm³/mol. The highest BCUT2D eigenvalue weighted by molar-refractivity contribution is 5.78. The molecule has 2 atom stereocenters. The quantitative estimate of drug-likeness (QED) is 0.767. The third-order valence-corrected chi connectivity index (χ3v) is 4.14. The maximum Gasteiger partial charge on any atom is 0.313 e. The average Bonchev–Trinajstić information content (AvgIpc) is 3.15. The van der Waals surface area contributed by atoms with Gasteiger partial charge in [0.25, 0.3) is 0 Å². The highest BCUT2D eigenvalue weighted by atomic mass is 16.5. The Morgan fingerprint density at radius 2 is 2.05 bits per heavy atom. The Morgan fingerprint density at radius 3 is 2.58 bits per heavy atom. The molecule has 0 amide bonds. The van der Waals surface area contributed by atoms with Gasteiger partial charge in [0.05, 0.1) is 24.3 Å². The molecule has 4 heteroatoms. The van der Waals surface area contributed by atoms with Crippen LogP contribution in [-0.2, 0) is 9.53 Å². The number of aryl methyl sites for hydroxylation is 1. The van der Waals surface area contributed by atoms with Gasteiger partial charge >= 0.3 is 5.97 Å². The molecule has 0 N–H and O–H groups in total. The van der Waals surface area contributed by atoms with Crippen molar-refractivity contribution >= 4 is 5.97 Å². The van der Waals surface area contributed by atoms with Gasteiger partial charge in [-0.05, 0) is 53.4 Å². The second-order valence-electron chi connectivity index (χ2n) is 5.58. The van der Waals surface area contributed by atoms with Gasteiger partial charge in [0, 0.05) is 11.3 Å². The number of nitrogens with zero attached hydrogens (tertiary/aromatic N) is 2. The summed E-state index contributed by atoms with van der Waals surface area (Å²) in [5.41, 5.74) is 3.09. The summed E-state index contributed by atoms with van der Waals surface area (Å²) in [4.78, 5) is 11.9. The van der Waals surface area contributed by atoms with Crippen molar-refractivity contribution in [2.75, 3.05) is 6.61 Å². The van der Waals surface area contributed by atoms with Crippen LogP contribution in [0, 0.1) is 19.8 Å². The van der Waals surface area contributed by atoms with E-state index in [0.29, 0.717) is 12.6 Å². The van der Waals surface area contributed by atoms with Crippen LogP contribution < -0.4 is 0 Å². The molecule has 0 aliphatic heterocycles. The number of carbonyl (C=O) groups is 1. The normalized spacial score (nSPS) is 18.2. The SMILES string of the molecule is CCOC(=O)C(C)c1c(C)nn(C(C)C2CC2)c1C. The van der Waals surface area contributed by atoms with Crippen molar-refractivity contribution in [3.05, 3.63) is 17.0 Å². The first-order chi connectivity index (χ1) is 8.97. The van der Waals surface area contributed by atoms with Gasteiger partial charge in [0.2, 0.25) is 0 Å². The van der Waals surface area contributed by atoms with E-state index in [4.69, 9.17) is 4.74 Å². The van der Waals surface area contributed by atoms with Crippen LogP contribution in [0.2, 0.25) is 0 Å². The van der Waals surface area contributed by atoms with Gasteiger partial charge < -0.3 is 4.74 Å². The first-order valence-corrected chi connectivity index (χ1v) is 7.19. The smallest absolute Gasteiger partial charge is 0.313 e. The van der Waals surface area contributed by atoms with Crippen molar-refractivity contribution < 1.29 is 9.53 Å². The van der Waals surface area contributed by atoms with E-state index in [1.165, 1.54) is 12.8 Å². The van der Waals surface area contributed by atoms with Gasteiger partial charge in [-0.25, -0.2) is 0 Å². The molecule has 1 saturated carbocycles. The average molecular weight is 264 g/mol. The molecule has 4 nitrogen and oxygen atoms in total. The number of hydrogen-bond acceptors (Lipinski definition) is 3. The number of carbonyl (C=O) groups excluding carboxylic acids is 1. The molecule has 0 bridgehead atoms. The second kappa shape index (κ2) is 5.35. The molecule has 1 aromatic heterocycles. The number of esters is 1. The molecular formula is C15H24N2O2. The minimum Gasteiger partial charge on any atom is -0.466 e. The third-order valence-electron chi connectivity index (χ3n) is 4.14. The van der Waals surface area contributed by atoms with E-state index in [2.05, 4.69) is 23.6 Å². The van der Waals surface area contributed by atoms with Gasteiger partial charge in [-0.2, -0.15) is 5.10 Å². The summed E-state index contributed by atoms with van der Waals surface area (Å²) in [5.74, 6) is 0.358. The Kier molecular flexibility index (Phi) is 3.97. The minimum absolute atomic E-state index is 0.160. The Hall–Kier alpha value is -1.32. The summed E-state index contributed by atoms with van der Waals surface area (Å²) >= 11 is 0. The molecule has 0 spiro atoms. The molecule has 1 heterocycles. The second-order valence-corrected chi connectivity index (χ2v) is 5.58. The summed E-state index contributed by atoms with van der Waals surface area (Å²) in [6.07, 6.45) is 2.59. The molecule has 2 rings (SSSR count). The summed E-state index contributed by atoms with van der Waals surface area (Å²) in [7, 11) is 0. The van der Waals surface area contributed by atoms with E-state index < -0.39 is 0 Å². The molecule has 1 aliphatic rings. The third kappa shape index (κ3) is 2.67. The fourth-order valence-electron chi connectivity index (χ4n) is 2.86. The number of aromatic nitrogens is 2. The van der Waals surface area contributed by atoms with Crippen LogP contribution in [-0.4, -0.2) is 22.4 Å². The molecule has 1 aromatic rings. The lowest BCUT2D eigenvalue weighted by Crippen LogP contribution is -2.15. The molecule has 0 radical (unpaired) electrons. The fraction of sp³-hybridized carbons (Fsp3) is 0.733. The topological polar surface area (TPSA) is 44.1 Å². The van der Waals surface area contributed by atoms with Crippen LogP contribution in [0.1, 0.15) is 62.5 Å². The number of rotatable bonds is 5. The Balaban J connectivity index is 2.27. The van der Waals surface area contributed by atoms with E-state index >= 15 is 0 Å². The zero-order valence-corrected chi connectivity index (χ0v) is 12.6. The van der Waals surface area contributed by atoms with Crippen molar-refractivity contribution in [3.63, 3.8) is 0 Å². The van der Waals surface area contributed by atoms with Crippen LogP contribution in [0.5, 0.6) is 0 Å². The zero-order chi connectivity index (χ0) is 14.2. The number of hydrogen-bond donors (Lipinski definition) is 0. The lowest BCUT2D eigenvalue weighted by molar-refractivity contribution is -0.144. The van der Waals surface area contributed by atoms with Crippen molar-refractivity contribution in [2.45, 2.75) is 59.4 Å². The highest BCUT2D eigenvalue weighted by Gasteiger charge is 2.32. The maximum absolute atomic E-state index is 11.9. The molecule has 0 saturated heterocycles. The van der Waals surface area contributed by atoms with Gasteiger partial charge in [-0.1, -0.05) is 0 Å². The largest absolute Gasteiger partial charge is 0.466 e. The summed E-state index contributed by atoms with van der Waals surface area (Å²) in [5, 5.41) is 4.64. The van der Waals surface area contributed by atoms with Crippen LogP contribution in [0.4, 0.5) is 0 Å². The van der Waals surface area contributed by atoms with Crippen LogP contribution in [0.15, 0.2) is 0 Å². The number of ether oxygens (including phenoxy) is 1. The first kappa shape index (κ1) is 14.1. The van der Waals surface area contributed by atoms with E-state index in [-0.39, 0.29) is 11.9 Å². The van der Waals surface area contributed by atoms with Gasteiger partial charge in [0.15, 0.2) is 0 Å². The van der Waals surface area contributed by atoms with Crippen molar-refractivity contribution in [3.8, 4) is 0 Å². The molecule has 1 aliphatic carbocycles. The lowest BCUT2D eigenvalue weighted by atomic mass is 9.99. The monoisotopic (exact) mass is 264 g/mol. The Labute approximate surface area is 115 Å². The summed E-state index contributed by atoms with van der Waals surface area (Å²) in [6.45, 7) is 10.4. The highest BCUT2D eigenvalue weighted by Crippen LogP contribution is 2.40. The van der Waals surface area contributed by atoms with E-state index in [9.17, 15) is 4.79 Å². The van der Waals surface area contributed by atoms with E-state index in [0.717, 1.165) is 22.9 Å². The van der Waals surface area contributed by atoms with Crippen molar-refractivity contribution in [1.29, 1.82) is 0 Å². The van der Waals surface area contributed by atoms with E-state index in [1.807, 2.05) is 20.8 Å². The standard InChI is InChI=1S/C15H24N2O2/c1-6-19-15(18)9(2)14-10(3)16-17(12(14)5)11(4)13-7-8-13/h9,11,13H,6-8H2,1-5H3. The zero-order valence-electron chi connectivity index (χ0n) is 12.6. The summed E-state index contributed by atoms with van der Waals surface area (Å²) in [6, 6.07) is 0.432. The molecule has 106 valence electrons. The predicted octanol–water partition coefficient (Wildman–Crippen LogP) is 3.14. The van der Waals surface area contributed by atoms with Crippen molar-refractivity contribution in [1.82, 2.24) is 9.78 Å². The minimum atomic E-state index is -0.236. The summed E-state index contributed by atoms with van der Waals surface area (Å²) < 4.78 is 7.22. The van der Waals surface area contributed by atoms with E-state index in [1.54, 1.807) is 0 Å². The lowest BCUT2D eigenvalue weighted by Gasteiger charge is -2.15. The van der Waals surface area contributed by atoms with Crippen LogP contribution in [0.3, 0.4) is 0 Å². The van der Waals surface area contributed by atoms with Gasteiger partial charge in [-0.15, -0.1) is 0 Å². The fourth-order valence-corrected chi connectivity index (χ4v) is 2.86. The Morgan fingerprint density at radius 1 is 1.42 bits per heavy atom. The van der Waals surface area contributed by atoms with Gasteiger partial charge in [-0.3, -0.25) is 9.48 Å². The maximum atomic E-state index is 11.9. The molecular weight excluding hydrogens is 240 g/mol.